The van der Waals surface area contributed by atoms with E-state index < -0.39 is 0 Å². The van der Waals surface area contributed by atoms with Crippen molar-refractivity contribution in [2.75, 3.05) is 12.4 Å². The Bertz CT molecular complexity index is 999. The van der Waals surface area contributed by atoms with E-state index in [4.69, 9.17) is 0 Å². The average Bonchev–Trinajstić information content (AvgIpc) is 2.69. The van der Waals surface area contributed by atoms with Gasteiger partial charge >= 0.3 is 0 Å². The summed E-state index contributed by atoms with van der Waals surface area (Å²) >= 11 is 0. The predicted octanol–water partition coefficient (Wildman–Crippen LogP) is 4.66. The fourth-order valence-corrected chi connectivity index (χ4v) is 2.90. The second kappa shape index (κ2) is 8.48. The van der Waals surface area contributed by atoms with Crippen molar-refractivity contribution in [2.45, 2.75) is 13.5 Å². The van der Waals surface area contributed by atoms with E-state index in [1.165, 1.54) is 17.0 Å². The van der Waals surface area contributed by atoms with Crippen molar-refractivity contribution in [1.82, 2.24) is 4.90 Å². The van der Waals surface area contributed by atoms with E-state index in [9.17, 15) is 14.0 Å². The smallest absolute Gasteiger partial charge is 0.256 e. The van der Waals surface area contributed by atoms with Crippen LogP contribution in [0.25, 0.3) is 0 Å². The molecule has 3 aromatic carbocycles. The number of rotatable bonds is 5. The zero-order valence-electron chi connectivity index (χ0n) is 15.8. The van der Waals surface area contributed by atoms with Gasteiger partial charge in [0.1, 0.15) is 5.82 Å². The molecule has 3 aromatic rings. The van der Waals surface area contributed by atoms with Gasteiger partial charge in [0.2, 0.25) is 0 Å². The number of benzene rings is 3. The van der Waals surface area contributed by atoms with Crippen molar-refractivity contribution in [3.05, 3.63) is 101 Å². The van der Waals surface area contributed by atoms with Crippen LogP contribution in [0.15, 0.2) is 72.8 Å². The highest BCUT2D eigenvalue weighted by Gasteiger charge is 2.17. The Hall–Kier alpha value is -3.47. The van der Waals surface area contributed by atoms with Crippen LogP contribution < -0.4 is 5.32 Å². The molecule has 2 amide bonds. The summed E-state index contributed by atoms with van der Waals surface area (Å²) in [5.41, 5.74) is 3.18. The molecule has 0 atom stereocenters. The molecule has 0 heterocycles. The number of amides is 2. The number of nitrogens with zero attached hydrogens (tertiary/aromatic N) is 1. The third-order valence-electron chi connectivity index (χ3n) is 4.37. The summed E-state index contributed by atoms with van der Waals surface area (Å²) in [7, 11) is 1.67. The van der Waals surface area contributed by atoms with E-state index in [1.54, 1.807) is 55.6 Å². The number of para-hydroxylation sites is 1. The fourth-order valence-electron chi connectivity index (χ4n) is 2.90. The van der Waals surface area contributed by atoms with Gasteiger partial charge in [-0.2, -0.15) is 0 Å². The first-order valence-corrected chi connectivity index (χ1v) is 8.91. The summed E-state index contributed by atoms with van der Waals surface area (Å²) in [5, 5.41) is 2.83. The first kappa shape index (κ1) is 19.3. The van der Waals surface area contributed by atoms with Crippen LogP contribution in [-0.2, 0) is 6.54 Å². The number of carbonyl (C=O) groups is 2. The lowest BCUT2D eigenvalue weighted by Gasteiger charge is -2.19. The van der Waals surface area contributed by atoms with Crippen LogP contribution >= 0.6 is 0 Å². The van der Waals surface area contributed by atoms with Crippen molar-refractivity contribution >= 4 is 17.5 Å². The van der Waals surface area contributed by atoms with Gasteiger partial charge in [0.25, 0.3) is 11.8 Å². The largest absolute Gasteiger partial charge is 0.337 e. The van der Waals surface area contributed by atoms with Crippen LogP contribution in [0.3, 0.4) is 0 Å². The predicted molar refractivity (Wildman–Crippen MR) is 108 cm³/mol. The summed E-state index contributed by atoms with van der Waals surface area (Å²) in [5.74, 6) is -0.823. The summed E-state index contributed by atoms with van der Waals surface area (Å²) in [4.78, 5) is 27.0. The number of nitrogens with one attached hydrogen (secondary N) is 1. The molecule has 4 nitrogen and oxygen atoms in total. The van der Waals surface area contributed by atoms with Crippen LogP contribution in [0.5, 0.6) is 0 Å². The Morgan fingerprint density at radius 1 is 0.964 bits per heavy atom. The molecule has 1 N–H and O–H groups in total. The maximum absolute atomic E-state index is 13.1. The minimum absolute atomic E-state index is 0.232. The molecule has 0 saturated heterocycles. The topological polar surface area (TPSA) is 49.4 Å². The molecule has 0 spiro atoms. The highest BCUT2D eigenvalue weighted by atomic mass is 19.1. The van der Waals surface area contributed by atoms with Gasteiger partial charge in [-0.1, -0.05) is 42.0 Å². The van der Waals surface area contributed by atoms with E-state index in [1.807, 2.05) is 19.1 Å². The van der Waals surface area contributed by atoms with Gasteiger partial charge in [-0.25, -0.2) is 4.39 Å². The van der Waals surface area contributed by atoms with Crippen molar-refractivity contribution in [2.24, 2.45) is 0 Å². The van der Waals surface area contributed by atoms with Gasteiger partial charge in [0.05, 0.1) is 11.3 Å². The third kappa shape index (κ3) is 4.62. The van der Waals surface area contributed by atoms with Crippen molar-refractivity contribution in [3.8, 4) is 0 Å². The molecule has 3 rings (SSSR count). The normalized spacial score (nSPS) is 10.4. The summed E-state index contributed by atoms with van der Waals surface area (Å²) < 4.78 is 13.1. The maximum Gasteiger partial charge on any atom is 0.256 e. The monoisotopic (exact) mass is 376 g/mol. The van der Waals surface area contributed by atoms with Gasteiger partial charge in [-0.05, 0) is 48.9 Å². The van der Waals surface area contributed by atoms with Crippen molar-refractivity contribution < 1.29 is 14.0 Å². The van der Waals surface area contributed by atoms with E-state index in [0.29, 0.717) is 23.4 Å². The molecule has 0 bridgehead atoms. The molecule has 0 saturated carbocycles. The zero-order valence-corrected chi connectivity index (χ0v) is 15.8. The average molecular weight is 376 g/mol. The Balaban J connectivity index is 1.78. The Kier molecular flexibility index (Phi) is 5.84. The first-order valence-electron chi connectivity index (χ1n) is 8.91. The molecule has 0 aliphatic carbocycles. The standard InChI is InChI=1S/C23H21FN2O2/c1-16-6-5-7-18(14-16)22(27)25-21-9-4-3-8-20(21)23(28)26(2)15-17-10-12-19(24)13-11-17/h3-14H,15H2,1-2H3,(H,25,27). The maximum atomic E-state index is 13.1. The van der Waals surface area contributed by atoms with Crippen LogP contribution in [0.2, 0.25) is 0 Å². The summed E-state index contributed by atoms with van der Waals surface area (Å²) in [6, 6.07) is 20.2. The molecule has 0 radical (unpaired) electrons. The number of carbonyl (C=O) groups excluding carboxylic acids is 2. The lowest BCUT2D eigenvalue weighted by molar-refractivity contribution is 0.0786. The molecule has 0 fully saturated rings. The highest BCUT2D eigenvalue weighted by Crippen LogP contribution is 2.19. The van der Waals surface area contributed by atoms with Crippen LogP contribution in [0.4, 0.5) is 10.1 Å². The Morgan fingerprint density at radius 2 is 1.68 bits per heavy atom. The lowest BCUT2D eigenvalue weighted by atomic mass is 10.1. The lowest BCUT2D eigenvalue weighted by Crippen LogP contribution is -2.27. The van der Waals surface area contributed by atoms with Gasteiger partial charge in [0.15, 0.2) is 0 Å². The van der Waals surface area contributed by atoms with E-state index >= 15 is 0 Å². The van der Waals surface area contributed by atoms with Gasteiger partial charge in [-0.15, -0.1) is 0 Å². The second-order valence-electron chi connectivity index (χ2n) is 6.66. The van der Waals surface area contributed by atoms with Crippen LogP contribution in [-0.4, -0.2) is 23.8 Å². The number of anilines is 1. The van der Waals surface area contributed by atoms with Crippen molar-refractivity contribution in [1.29, 1.82) is 0 Å². The van der Waals surface area contributed by atoms with Gasteiger partial charge in [0, 0.05) is 19.2 Å². The Labute approximate surface area is 163 Å². The zero-order chi connectivity index (χ0) is 20.1. The minimum atomic E-state index is -0.318. The van der Waals surface area contributed by atoms with E-state index in [0.717, 1.165) is 11.1 Å². The first-order chi connectivity index (χ1) is 13.4. The van der Waals surface area contributed by atoms with Crippen molar-refractivity contribution in [3.63, 3.8) is 0 Å². The van der Waals surface area contributed by atoms with E-state index in [2.05, 4.69) is 5.32 Å². The van der Waals surface area contributed by atoms with Crippen LogP contribution in [0.1, 0.15) is 31.8 Å². The number of hydrogen-bond donors (Lipinski definition) is 1. The van der Waals surface area contributed by atoms with Gasteiger partial charge < -0.3 is 10.2 Å². The molecule has 0 aliphatic rings. The fraction of sp³-hybridized carbons (Fsp3) is 0.130. The quantitative estimate of drug-likeness (QED) is 0.704. The third-order valence-corrected chi connectivity index (χ3v) is 4.37. The SMILES string of the molecule is Cc1cccc(C(=O)Nc2ccccc2C(=O)N(C)Cc2ccc(F)cc2)c1. The number of hydrogen-bond acceptors (Lipinski definition) is 2. The highest BCUT2D eigenvalue weighted by molar-refractivity contribution is 6.09. The number of aryl methyl sites for hydroxylation is 1. The summed E-state index contributed by atoms with van der Waals surface area (Å²) in [6.45, 7) is 2.25. The molecule has 0 unspecified atom stereocenters. The molecular weight excluding hydrogens is 355 g/mol. The molecule has 0 aromatic heterocycles. The molecule has 28 heavy (non-hydrogen) atoms. The molecular formula is C23H21FN2O2. The molecule has 5 heteroatoms. The van der Waals surface area contributed by atoms with E-state index in [-0.39, 0.29) is 17.6 Å². The Morgan fingerprint density at radius 3 is 2.39 bits per heavy atom. The second-order valence-corrected chi connectivity index (χ2v) is 6.66. The number of halogens is 1. The molecule has 142 valence electrons. The minimum Gasteiger partial charge on any atom is -0.337 e. The van der Waals surface area contributed by atoms with Gasteiger partial charge in [-0.3, -0.25) is 9.59 Å². The van der Waals surface area contributed by atoms with Crippen LogP contribution in [0, 0.1) is 12.7 Å². The molecule has 0 aliphatic heterocycles. The summed E-state index contributed by atoms with van der Waals surface area (Å²) in [6.07, 6.45) is 0.